The Hall–Kier alpha value is -0.630. The molecule has 4 N–H and O–H groups in total. The Bertz CT molecular complexity index is 274. The number of aliphatic hydroxyl groups excluding tert-OH is 2. The fraction of sp³-hybridized carbons (Fsp3) is 0.778. The van der Waals surface area contributed by atoms with Crippen LogP contribution >= 0.6 is 11.8 Å². The predicted octanol–water partition coefficient (Wildman–Crippen LogP) is -1.49. The van der Waals surface area contributed by atoms with Gasteiger partial charge in [-0.2, -0.15) is 0 Å². The number of carbonyl (C=O) groups excluding carboxylic acids is 2. The van der Waals surface area contributed by atoms with E-state index in [2.05, 4.69) is 0 Å². The number of nitrogens with two attached hydrogens (primary N) is 1. The number of β-amino-alcohol motifs (C(OH)–C–C–N with tert-alkyl or cyclic N) is 1. The van der Waals surface area contributed by atoms with E-state index in [1.54, 1.807) is 0 Å². The van der Waals surface area contributed by atoms with Crippen molar-refractivity contribution in [2.45, 2.75) is 23.5 Å². The summed E-state index contributed by atoms with van der Waals surface area (Å²) in [6, 6.07) is 0. The number of hydrogen-bond donors (Lipinski definition) is 3. The average molecular weight is 248 g/mol. The normalized spacial score (nSPS) is 22.9. The van der Waals surface area contributed by atoms with Gasteiger partial charge in [0.25, 0.3) is 0 Å². The molecular formula is C9H16N2O4S. The molecule has 0 aromatic heterocycles. The lowest BCUT2D eigenvalue weighted by Crippen LogP contribution is -2.34. The average Bonchev–Trinajstić information content (AvgIpc) is 2.47. The second kappa shape index (κ2) is 6.19. The van der Waals surface area contributed by atoms with Crippen LogP contribution in [-0.2, 0) is 9.59 Å². The van der Waals surface area contributed by atoms with Gasteiger partial charge < -0.3 is 15.9 Å². The van der Waals surface area contributed by atoms with E-state index in [-0.39, 0.29) is 31.4 Å². The van der Waals surface area contributed by atoms with Gasteiger partial charge in [0, 0.05) is 6.42 Å². The molecule has 1 rings (SSSR count). The summed E-state index contributed by atoms with van der Waals surface area (Å²) >= 11 is 1.06. The minimum absolute atomic E-state index is 0.0295. The standard InChI is InChI=1S/C9H16N2O4S/c10-2-1-8(14)16-6-5-7(13)11(3-4-12)9(6)15/h6,8,12,14H,1-5,10H2. The highest BCUT2D eigenvalue weighted by atomic mass is 32.2. The first-order chi connectivity index (χ1) is 7.60. The maximum absolute atomic E-state index is 11.7. The van der Waals surface area contributed by atoms with Crippen molar-refractivity contribution >= 4 is 23.6 Å². The summed E-state index contributed by atoms with van der Waals surface area (Å²) in [6.45, 7) is 0.130. The van der Waals surface area contributed by atoms with Gasteiger partial charge in [-0.05, 0) is 13.0 Å². The Labute approximate surface area is 97.8 Å². The molecular weight excluding hydrogens is 232 g/mol. The molecule has 0 aromatic rings. The number of rotatable bonds is 6. The fourth-order valence-corrected chi connectivity index (χ4v) is 2.63. The van der Waals surface area contributed by atoms with Crippen LogP contribution in [-0.4, -0.2) is 57.3 Å². The van der Waals surface area contributed by atoms with E-state index in [0.717, 1.165) is 16.7 Å². The number of aliphatic hydroxyl groups is 2. The largest absolute Gasteiger partial charge is 0.395 e. The first kappa shape index (κ1) is 13.4. The van der Waals surface area contributed by atoms with Gasteiger partial charge in [-0.1, -0.05) is 0 Å². The zero-order chi connectivity index (χ0) is 12.1. The minimum atomic E-state index is -0.721. The van der Waals surface area contributed by atoms with E-state index in [1.165, 1.54) is 0 Å². The second-order valence-electron chi connectivity index (χ2n) is 3.47. The Morgan fingerprint density at radius 3 is 2.81 bits per heavy atom. The molecule has 1 aliphatic rings. The molecule has 0 spiro atoms. The van der Waals surface area contributed by atoms with E-state index in [4.69, 9.17) is 10.8 Å². The number of likely N-dealkylation sites (tertiary alicyclic amines) is 1. The molecule has 1 saturated heterocycles. The quantitative estimate of drug-likeness (QED) is 0.391. The molecule has 2 amide bonds. The molecule has 92 valence electrons. The fourth-order valence-electron chi connectivity index (χ4n) is 1.49. The van der Waals surface area contributed by atoms with Crippen LogP contribution in [0.3, 0.4) is 0 Å². The van der Waals surface area contributed by atoms with E-state index in [0.29, 0.717) is 13.0 Å². The molecule has 2 unspecified atom stereocenters. The molecule has 0 bridgehead atoms. The maximum Gasteiger partial charge on any atom is 0.242 e. The minimum Gasteiger partial charge on any atom is -0.395 e. The third-order valence-corrected chi connectivity index (χ3v) is 3.51. The van der Waals surface area contributed by atoms with Crippen molar-refractivity contribution in [1.29, 1.82) is 0 Å². The molecule has 0 saturated carbocycles. The summed E-state index contributed by atoms with van der Waals surface area (Å²) in [6.07, 6.45) is 0.480. The van der Waals surface area contributed by atoms with Crippen LogP contribution in [0.15, 0.2) is 0 Å². The van der Waals surface area contributed by atoms with Crippen molar-refractivity contribution < 1.29 is 19.8 Å². The number of thioether (sulfide) groups is 1. The first-order valence-corrected chi connectivity index (χ1v) is 6.03. The third kappa shape index (κ3) is 3.18. The van der Waals surface area contributed by atoms with Crippen LogP contribution in [0.4, 0.5) is 0 Å². The number of hydrogen-bond acceptors (Lipinski definition) is 6. The summed E-state index contributed by atoms with van der Waals surface area (Å²) in [5, 5.41) is 17.6. The first-order valence-electron chi connectivity index (χ1n) is 5.08. The van der Waals surface area contributed by atoms with Crippen LogP contribution < -0.4 is 5.73 Å². The molecule has 6 nitrogen and oxygen atoms in total. The predicted molar refractivity (Wildman–Crippen MR) is 59.5 cm³/mol. The number of carbonyl (C=O) groups is 2. The molecule has 2 atom stereocenters. The third-order valence-electron chi connectivity index (χ3n) is 2.26. The van der Waals surface area contributed by atoms with E-state index < -0.39 is 10.7 Å². The van der Waals surface area contributed by atoms with Gasteiger partial charge in [0.1, 0.15) is 5.44 Å². The van der Waals surface area contributed by atoms with Gasteiger partial charge in [-0.25, -0.2) is 0 Å². The smallest absolute Gasteiger partial charge is 0.242 e. The van der Waals surface area contributed by atoms with Crippen molar-refractivity contribution in [2.75, 3.05) is 19.7 Å². The summed E-state index contributed by atoms with van der Waals surface area (Å²) in [4.78, 5) is 24.1. The topological polar surface area (TPSA) is 104 Å². The zero-order valence-corrected chi connectivity index (χ0v) is 9.65. The lowest BCUT2D eigenvalue weighted by molar-refractivity contribution is -0.138. The summed E-state index contributed by atoms with van der Waals surface area (Å²) in [5.41, 5.74) is 4.55. The molecule has 1 heterocycles. The van der Waals surface area contributed by atoms with Gasteiger partial charge in [-0.3, -0.25) is 14.5 Å². The van der Waals surface area contributed by atoms with Crippen molar-refractivity contribution in [2.24, 2.45) is 5.73 Å². The molecule has 0 radical (unpaired) electrons. The Morgan fingerprint density at radius 2 is 2.25 bits per heavy atom. The van der Waals surface area contributed by atoms with Gasteiger partial charge in [0.15, 0.2) is 0 Å². The zero-order valence-electron chi connectivity index (χ0n) is 8.83. The molecule has 7 heteroatoms. The molecule has 1 fully saturated rings. The van der Waals surface area contributed by atoms with Gasteiger partial charge in [0.2, 0.25) is 11.8 Å². The summed E-state index contributed by atoms with van der Waals surface area (Å²) in [5.74, 6) is -0.628. The number of imide groups is 1. The number of nitrogens with zero attached hydrogens (tertiary/aromatic N) is 1. The maximum atomic E-state index is 11.7. The van der Waals surface area contributed by atoms with Crippen molar-refractivity contribution in [3.63, 3.8) is 0 Å². The van der Waals surface area contributed by atoms with Crippen molar-refractivity contribution in [3.05, 3.63) is 0 Å². The van der Waals surface area contributed by atoms with Crippen LogP contribution in [0.25, 0.3) is 0 Å². The van der Waals surface area contributed by atoms with Crippen molar-refractivity contribution in [3.8, 4) is 0 Å². The SMILES string of the molecule is NCCC(O)SC1CC(=O)N(CCO)C1=O. The Kier molecular flexibility index (Phi) is 5.20. The molecule has 0 aromatic carbocycles. The number of amides is 2. The second-order valence-corrected chi connectivity index (χ2v) is 4.85. The highest BCUT2D eigenvalue weighted by Gasteiger charge is 2.39. The summed E-state index contributed by atoms with van der Waals surface area (Å²) < 4.78 is 0. The Balaban J connectivity index is 2.51. The summed E-state index contributed by atoms with van der Waals surface area (Å²) in [7, 11) is 0. The van der Waals surface area contributed by atoms with E-state index in [1.807, 2.05) is 0 Å². The van der Waals surface area contributed by atoms with Crippen LogP contribution in [0.2, 0.25) is 0 Å². The highest BCUT2D eigenvalue weighted by molar-refractivity contribution is 8.01. The lowest BCUT2D eigenvalue weighted by Gasteiger charge is -2.15. The van der Waals surface area contributed by atoms with Crippen LogP contribution in [0.1, 0.15) is 12.8 Å². The molecule has 1 aliphatic heterocycles. The van der Waals surface area contributed by atoms with Gasteiger partial charge in [0.05, 0.1) is 18.4 Å². The van der Waals surface area contributed by atoms with Crippen molar-refractivity contribution in [1.82, 2.24) is 4.90 Å². The monoisotopic (exact) mass is 248 g/mol. The van der Waals surface area contributed by atoms with E-state index >= 15 is 0 Å². The lowest BCUT2D eigenvalue weighted by atomic mass is 10.3. The Morgan fingerprint density at radius 1 is 1.56 bits per heavy atom. The van der Waals surface area contributed by atoms with E-state index in [9.17, 15) is 14.7 Å². The molecule has 0 aliphatic carbocycles. The van der Waals surface area contributed by atoms with Gasteiger partial charge >= 0.3 is 0 Å². The van der Waals surface area contributed by atoms with Crippen LogP contribution in [0.5, 0.6) is 0 Å². The highest BCUT2D eigenvalue weighted by Crippen LogP contribution is 2.28. The van der Waals surface area contributed by atoms with Gasteiger partial charge in [-0.15, -0.1) is 11.8 Å². The van der Waals surface area contributed by atoms with Crippen LogP contribution in [0, 0.1) is 0 Å². The molecule has 16 heavy (non-hydrogen) atoms.